The van der Waals surface area contributed by atoms with Crippen LogP contribution in [0.3, 0.4) is 0 Å². The first kappa shape index (κ1) is 13.1. The first-order valence-electron chi connectivity index (χ1n) is 6.22. The molecule has 2 N–H and O–H groups in total. The van der Waals surface area contributed by atoms with Crippen LogP contribution in [0.1, 0.15) is 32.1 Å². The molecule has 1 saturated heterocycles. The van der Waals surface area contributed by atoms with Gasteiger partial charge in [-0.1, -0.05) is 12.2 Å². The fourth-order valence-corrected chi connectivity index (χ4v) is 3.53. The maximum Gasteiger partial charge on any atom is 0.235 e. The topological polar surface area (TPSA) is 46.3 Å². The molecule has 1 amide bonds. The monoisotopic (exact) mass is 272 g/mol. The van der Waals surface area contributed by atoms with Crippen molar-refractivity contribution >= 4 is 34.9 Å². The highest BCUT2D eigenvalue weighted by molar-refractivity contribution is 7.99. The van der Waals surface area contributed by atoms with Crippen molar-refractivity contribution in [3.05, 3.63) is 0 Å². The molecule has 1 saturated carbocycles. The smallest absolute Gasteiger partial charge is 0.235 e. The van der Waals surface area contributed by atoms with Crippen LogP contribution in [0, 0.1) is 5.41 Å². The Hall–Kier alpha value is -0.290. The van der Waals surface area contributed by atoms with Crippen LogP contribution in [-0.4, -0.2) is 40.4 Å². The van der Waals surface area contributed by atoms with E-state index in [-0.39, 0.29) is 5.91 Å². The van der Waals surface area contributed by atoms with Gasteiger partial charge in [-0.2, -0.15) is 11.8 Å². The van der Waals surface area contributed by atoms with Crippen molar-refractivity contribution in [3.63, 3.8) is 0 Å². The van der Waals surface area contributed by atoms with Crippen LogP contribution in [-0.2, 0) is 4.79 Å². The minimum atomic E-state index is -0.464. The predicted octanol–water partition coefficient (Wildman–Crippen LogP) is 1.80. The lowest BCUT2D eigenvalue weighted by Crippen LogP contribution is -2.43. The van der Waals surface area contributed by atoms with Gasteiger partial charge in [-0.05, 0) is 38.4 Å². The summed E-state index contributed by atoms with van der Waals surface area (Å²) in [4.78, 5) is 14.8. The lowest BCUT2D eigenvalue weighted by molar-refractivity contribution is -0.134. The van der Waals surface area contributed by atoms with Gasteiger partial charge in [0.15, 0.2) is 0 Å². The zero-order chi connectivity index (χ0) is 12.5. The summed E-state index contributed by atoms with van der Waals surface area (Å²) in [7, 11) is 0. The number of hydrogen-bond acceptors (Lipinski definition) is 3. The second-order valence-corrected chi connectivity index (χ2v) is 6.61. The van der Waals surface area contributed by atoms with Crippen molar-refractivity contribution in [3.8, 4) is 0 Å². The first-order chi connectivity index (χ1) is 8.10. The lowest BCUT2D eigenvalue weighted by Gasteiger charge is -2.25. The molecule has 0 aromatic carbocycles. The summed E-state index contributed by atoms with van der Waals surface area (Å²) < 4.78 is 0. The Morgan fingerprint density at radius 3 is 2.65 bits per heavy atom. The predicted molar refractivity (Wildman–Crippen MR) is 76.2 cm³/mol. The Balaban J connectivity index is 1.99. The second-order valence-electron chi connectivity index (χ2n) is 5.03. The Morgan fingerprint density at radius 1 is 1.41 bits per heavy atom. The number of thioether (sulfide) groups is 1. The highest BCUT2D eigenvalue weighted by atomic mass is 32.2. The molecule has 17 heavy (non-hydrogen) atoms. The van der Waals surface area contributed by atoms with Crippen molar-refractivity contribution in [2.75, 3.05) is 19.3 Å². The van der Waals surface area contributed by atoms with E-state index in [1.54, 1.807) is 0 Å². The van der Waals surface area contributed by atoms with Gasteiger partial charge in [0, 0.05) is 18.3 Å². The molecular formula is C12H20N2OS2. The van der Waals surface area contributed by atoms with Crippen LogP contribution in [0.5, 0.6) is 0 Å². The van der Waals surface area contributed by atoms with Crippen LogP contribution in [0.15, 0.2) is 0 Å². The third kappa shape index (κ3) is 2.60. The van der Waals surface area contributed by atoms with Crippen molar-refractivity contribution in [1.29, 1.82) is 0 Å². The zero-order valence-electron chi connectivity index (χ0n) is 10.3. The van der Waals surface area contributed by atoms with E-state index in [1.165, 1.54) is 6.42 Å². The molecule has 1 aliphatic carbocycles. The highest BCUT2D eigenvalue weighted by Gasteiger charge is 2.54. The fraction of sp³-hybridized carbons (Fsp3) is 0.833. The van der Waals surface area contributed by atoms with Crippen LogP contribution >= 0.6 is 24.0 Å². The van der Waals surface area contributed by atoms with Crippen LogP contribution in [0.25, 0.3) is 0 Å². The van der Waals surface area contributed by atoms with Crippen molar-refractivity contribution < 1.29 is 4.79 Å². The molecular weight excluding hydrogens is 252 g/mol. The Morgan fingerprint density at radius 2 is 2.12 bits per heavy atom. The normalized spacial score (nSPS) is 27.4. The van der Waals surface area contributed by atoms with E-state index >= 15 is 0 Å². The minimum absolute atomic E-state index is 0.187. The number of amides is 1. The van der Waals surface area contributed by atoms with Gasteiger partial charge in [0.1, 0.15) is 0 Å². The van der Waals surface area contributed by atoms with Gasteiger partial charge in [0.2, 0.25) is 5.91 Å². The van der Waals surface area contributed by atoms with Gasteiger partial charge in [0.25, 0.3) is 0 Å². The second kappa shape index (κ2) is 5.14. The van der Waals surface area contributed by atoms with Crippen LogP contribution < -0.4 is 5.73 Å². The summed E-state index contributed by atoms with van der Waals surface area (Å²) in [5.74, 6) is 0.187. The molecule has 0 aromatic heterocycles. The average Bonchev–Trinajstić information content (AvgIpc) is 3.12. The van der Waals surface area contributed by atoms with Gasteiger partial charge in [-0.25, -0.2) is 0 Å². The maximum absolute atomic E-state index is 12.4. The van der Waals surface area contributed by atoms with Gasteiger partial charge in [-0.3, -0.25) is 4.79 Å². The van der Waals surface area contributed by atoms with E-state index in [4.69, 9.17) is 18.0 Å². The van der Waals surface area contributed by atoms with Crippen molar-refractivity contribution in [2.45, 2.75) is 37.4 Å². The largest absolute Gasteiger partial charge is 0.392 e. The molecule has 2 rings (SSSR count). The lowest BCUT2D eigenvalue weighted by atomic mass is 10.1. The third-order valence-electron chi connectivity index (χ3n) is 3.93. The number of likely N-dealkylation sites (tertiary alicyclic amines) is 1. The summed E-state index contributed by atoms with van der Waals surface area (Å²) >= 11 is 6.96. The number of nitrogens with zero attached hydrogens (tertiary/aromatic N) is 1. The van der Waals surface area contributed by atoms with E-state index in [2.05, 4.69) is 6.26 Å². The molecule has 0 radical (unpaired) electrons. The number of nitrogens with two attached hydrogens (primary N) is 1. The zero-order valence-corrected chi connectivity index (χ0v) is 11.9. The maximum atomic E-state index is 12.4. The molecule has 2 aliphatic rings. The summed E-state index contributed by atoms with van der Waals surface area (Å²) in [6.45, 7) is 1.74. The van der Waals surface area contributed by atoms with Crippen LogP contribution in [0.2, 0.25) is 0 Å². The molecule has 5 heteroatoms. The molecule has 96 valence electrons. The minimum Gasteiger partial charge on any atom is -0.392 e. The molecule has 1 unspecified atom stereocenters. The molecule has 2 fully saturated rings. The summed E-state index contributed by atoms with van der Waals surface area (Å²) in [6.07, 6.45) is 7.27. The van der Waals surface area contributed by atoms with E-state index in [9.17, 15) is 4.79 Å². The molecule has 0 bridgehead atoms. The van der Waals surface area contributed by atoms with Gasteiger partial charge >= 0.3 is 0 Å². The van der Waals surface area contributed by atoms with E-state index in [0.717, 1.165) is 38.8 Å². The number of carbonyl (C=O) groups is 1. The molecule has 1 atom stereocenters. The standard InChI is InChI=1S/C12H20N2OS2/c1-17-9-3-2-7-14(8-4-9)11(15)12(5-6-12)10(13)16/h9H,2-8H2,1H3,(H2,13,16). The van der Waals surface area contributed by atoms with Gasteiger partial charge in [0.05, 0.1) is 10.4 Å². The number of carbonyl (C=O) groups excluding carboxylic acids is 1. The molecule has 0 aromatic rings. The van der Waals surface area contributed by atoms with E-state index in [1.807, 2.05) is 16.7 Å². The Bertz CT molecular complexity index is 328. The van der Waals surface area contributed by atoms with E-state index in [0.29, 0.717) is 10.2 Å². The van der Waals surface area contributed by atoms with Gasteiger partial charge in [-0.15, -0.1) is 0 Å². The van der Waals surface area contributed by atoms with Crippen molar-refractivity contribution in [2.24, 2.45) is 11.1 Å². The SMILES string of the molecule is CSC1CCCN(C(=O)C2(C(N)=S)CC2)CC1. The summed E-state index contributed by atoms with van der Waals surface area (Å²) in [6, 6.07) is 0. The number of rotatable bonds is 3. The molecule has 1 heterocycles. The Kier molecular flexibility index (Phi) is 3.98. The molecule has 1 aliphatic heterocycles. The highest BCUT2D eigenvalue weighted by Crippen LogP contribution is 2.47. The number of hydrogen-bond donors (Lipinski definition) is 1. The van der Waals surface area contributed by atoms with Gasteiger partial charge < -0.3 is 10.6 Å². The number of thiocarbonyl (C=S) groups is 1. The first-order valence-corrected chi connectivity index (χ1v) is 7.92. The molecule has 3 nitrogen and oxygen atoms in total. The third-order valence-corrected chi connectivity index (χ3v) is 5.46. The Labute approximate surface area is 112 Å². The van der Waals surface area contributed by atoms with Crippen LogP contribution in [0.4, 0.5) is 0 Å². The summed E-state index contributed by atoms with van der Waals surface area (Å²) in [5.41, 5.74) is 5.25. The quantitative estimate of drug-likeness (QED) is 0.796. The van der Waals surface area contributed by atoms with E-state index < -0.39 is 5.41 Å². The summed E-state index contributed by atoms with van der Waals surface area (Å²) in [5, 5.41) is 0.702. The fourth-order valence-electron chi connectivity index (χ4n) is 2.50. The molecule has 0 spiro atoms. The van der Waals surface area contributed by atoms with Crippen molar-refractivity contribution in [1.82, 2.24) is 4.90 Å². The average molecular weight is 272 g/mol.